The molecular formula is C9H19BrO2. The number of carbonyl (C=O) groups is 1. The van der Waals surface area contributed by atoms with E-state index in [1.54, 1.807) is 0 Å². The van der Waals surface area contributed by atoms with Crippen LogP contribution in [0.2, 0.25) is 0 Å². The minimum atomic E-state index is -0.0880. The van der Waals surface area contributed by atoms with Crippen LogP contribution in [0.5, 0.6) is 0 Å². The van der Waals surface area contributed by atoms with Gasteiger partial charge in [0.25, 0.3) is 0 Å². The highest BCUT2D eigenvalue weighted by molar-refractivity contribution is 8.93. The van der Waals surface area contributed by atoms with Crippen molar-refractivity contribution in [3.8, 4) is 0 Å². The number of halogens is 1. The van der Waals surface area contributed by atoms with Crippen molar-refractivity contribution in [1.82, 2.24) is 0 Å². The van der Waals surface area contributed by atoms with E-state index < -0.39 is 0 Å². The molecule has 0 aliphatic heterocycles. The molecule has 0 heterocycles. The molecule has 0 aliphatic rings. The van der Waals surface area contributed by atoms with Gasteiger partial charge in [0.15, 0.2) is 0 Å². The van der Waals surface area contributed by atoms with Crippen molar-refractivity contribution >= 4 is 23.0 Å². The van der Waals surface area contributed by atoms with Gasteiger partial charge in [-0.15, -0.1) is 17.0 Å². The molecule has 0 aromatic carbocycles. The van der Waals surface area contributed by atoms with E-state index in [0.29, 0.717) is 5.92 Å². The topological polar surface area (TPSA) is 26.3 Å². The zero-order valence-corrected chi connectivity index (χ0v) is 10.2. The van der Waals surface area contributed by atoms with Crippen LogP contribution < -0.4 is 0 Å². The Labute approximate surface area is 85.4 Å². The quantitative estimate of drug-likeness (QED) is 0.708. The summed E-state index contributed by atoms with van der Waals surface area (Å²) in [6.07, 6.45) is 0.00343. The molecule has 74 valence electrons. The lowest BCUT2D eigenvalue weighted by Gasteiger charge is -2.16. The molecule has 0 N–H and O–H groups in total. The van der Waals surface area contributed by atoms with Crippen molar-refractivity contribution in [3.63, 3.8) is 0 Å². The summed E-state index contributed by atoms with van der Waals surface area (Å²) in [5, 5.41) is 0. The van der Waals surface area contributed by atoms with E-state index in [2.05, 4.69) is 0 Å². The van der Waals surface area contributed by atoms with Crippen LogP contribution >= 0.6 is 17.0 Å². The second kappa shape index (κ2) is 6.46. The molecule has 0 aromatic heterocycles. The van der Waals surface area contributed by atoms with Gasteiger partial charge in [-0.3, -0.25) is 4.79 Å². The monoisotopic (exact) mass is 238 g/mol. The number of rotatable bonds is 3. The highest BCUT2D eigenvalue weighted by atomic mass is 79.9. The van der Waals surface area contributed by atoms with Gasteiger partial charge < -0.3 is 4.74 Å². The lowest BCUT2D eigenvalue weighted by atomic mass is 9.98. The van der Waals surface area contributed by atoms with E-state index in [-0.39, 0.29) is 35.0 Å². The van der Waals surface area contributed by atoms with Crippen LogP contribution in [-0.4, -0.2) is 12.1 Å². The van der Waals surface area contributed by atoms with Crippen LogP contribution in [0.1, 0.15) is 34.6 Å². The highest BCUT2D eigenvalue weighted by Gasteiger charge is 2.18. The summed E-state index contributed by atoms with van der Waals surface area (Å²) in [6.45, 7) is 9.67. The van der Waals surface area contributed by atoms with E-state index in [4.69, 9.17) is 4.74 Å². The largest absolute Gasteiger partial charge is 0.463 e. The fourth-order valence-electron chi connectivity index (χ4n) is 0.612. The zero-order chi connectivity index (χ0) is 9.02. The van der Waals surface area contributed by atoms with Crippen LogP contribution in [-0.2, 0) is 9.53 Å². The maximum atomic E-state index is 11.2. The summed E-state index contributed by atoms with van der Waals surface area (Å²) < 4.78 is 5.03. The first-order valence-electron chi connectivity index (χ1n) is 4.15. The van der Waals surface area contributed by atoms with Gasteiger partial charge >= 0.3 is 5.97 Å². The Morgan fingerprint density at radius 1 is 1.08 bits per heavy atom. The van der Waals surface area contributed by atoms with Crippen molar-refractivity contribution in [2.45, 2.75) is 40.7 Å². The van der Waals surface area contributed by atoms with Crippen molar-refractivity contribution in [2.75, 3.05) is 0 Å². The molecule has 0 aromatic rings. The third kappa shape index (κ3) is 5.58. The molecule has 0 spiro atoms. The maximum absolute atomic E-state index is 11.2. The van der Waals surface area contributed by atoms with Crippen LogP contribution in [0.4, 0.5) is 0 Å². The summed E-state index contributed by atoms with van der Waals surface area (Å²) in [6, 6.07) is 0. The molecule has 0 saturated carbocycles. The standard InChI is InChI=1S/C9H18O2.BrH/c1-6(2)8(5)9(10)11-7(3)4;/h6-8H,1-5H3;1H. The minimum absolute atomic E-state index is 0. The van der Waals surface area contributed by atoms with E-state index >= 15 is 0 Å². The second-order valence-electron chi connectivity index (χ2n) is 3.52. The molecule has 1 unspecified atom stereocenters. The number of carbonyl (C=O) groups excluding carboxylic acids is 1. The first-order valence-corrected chi connectivity index (χ1v) is 4.15. The summed E-state index contributed by atoms with van der Waals surface area (Å²) in [5.74, 6) is 0.286. The Balaban J connectivity index is 0. The Kier molecular flexibility index (Phi) is 7.80. The van der Waals surface area contributed by atoms with Crippen LogP contribution in [0, 0.1) is 11.8 Å². The Morgan fingerprint density at radius 2 is 1.50 bits per heavy atom. The van der Waals surface area contributed by atoms with Gasteiger partial charge in [0.1, 0.15) is 0 Å². The summed E-state index contributed by atoms with van der Waals surface area (Å²) in [4.78, 5) is 11.2. The van der Waals surface area contributed by atoms with Crippen molar-refractivity contribution in [3.05, 3.63) is 0 Å². The molecule has 3 heteroatoms. The molecule has 12 heavy (non-hydrogen) atoms. The van der Waals surface area contributed by atoms with Gasteiger partial charge in [-0.1, -0.05) is 20.8 Å². The first kappa shape index (κ1) is 14.5. The van der Waals surface area contributed by atoms with Gasteiger partial charge in [-0.2, -0.15) is 0 Å². The fourth-order valence-corrected chi connectivity index (χ4v) is 0.612. The average Bonchev–Trinajstić information content (AvgIpc) is 1.84. The van der Waals surface area contributed by atoms with E-state index in [1.165, 1.54) is 0 Å². The van der Waals surface area contributed by atoms with E-state index in [0.717, 1.165) is 0 Å². The third-order valence-electron chi connectivity index (χ3n) is 1.72. The average molecular weight is 239 g/mol. The maximum Gasteiger partial charge on any atom is 0.309 e. The number of hydrogen-bond donors (Lipinski definition) is 0. The molecule has 1 atom stereocenters. The predicted molar refractivity (Wildman–Crippen MR) is 55.6 cm³/mol. The molecule has 0 radical (unpaired) electrons. The predicted octanol–water partition coefficient (Wildman–Crippen LogP) is 2.81. The molecule has 0 bridgehead atoms. The number of esters is 1. The van der Waals surface area contributed by atoms with E-state index in [9.17, 15) is 4.79 Å². The lowest BCUT2D eigenvalue weighted by molar-refractivity contribution is -0.153. The molecule has 0 fully saturated rings. The lowest BCUT2D eigenvalue weighted by Crippen LogP contribution is -2.22. The highest BCUT2D eigenvalue weighted by Crippen LogP contribution is 2.12. The van der Waals surface area contributed by atoms with Gasteiger partial charge in [0.2, 0.25) is 0 Å². The molecule has 0 rings (SSSR count). The molecule has 0 aliphatic carbocycles. The molecular weight excluding hydrogens is 220 g/mol. The molecule has 0 saturated heterocycles. The number of hydrogen-bond acceptors (Lipinski definition) is 2. The summed E-state index contributed by atoms with van der Waals surface area (Å²) in [5.41, 5.74) is 0. The Bertz CT molecular complexity index is 132. The Hall–Kier alpha value is -0.0500. The zero-order valence-electron chi connectivity index (χ0n) is 8.46. The van der Waals surface area contributed by atoms with Gasteiger partial charge in [-0.05, 0) is 19.8 Å². The Morgan fingerprint density at radius 3 is 1.75 bits per heavy atom. The van der Waals surface area contributed by atoms with Crippen LogP contribution in [0.15, 0.2) is 0 Å². The summed E-state index contributed by atoms with van der Waals surface area (Å²) >= 11 is 0. The fraction of sp³-hybridized carbons (Fsp3) is 0.889. The van der Waals surface area contributed by atoms with Crippen molar-refractivity contribution < 1.29 is 9.53 Å². The SMILES string of the molecule is Br.CC(C)OC(=O)C(C)C(C)C. The summed E-state index contributed by atoms with van der Waals surface area (Å²) in [7, 11) is 0. The normalized spacial score (nSPS) is 12.6. The van der Waals surface area contributed by atoms with Crippen molar-refractivity contribution in [1.29, 1.82) is 0 Å². The smallest absolute Gasteiger partial charge is 0.309 e. The third-order valence-corrected chi connectivity index (χ3v) is 1.72. The van der Waals surface area contributed by atoms with E-state index in [1.807, 2.05) is 34.6 Å². The van der Waals surface area contributed by atoms with Gasteiger partial charge in [0, 0.05) is 0 Å². The minimum Gasteiger partial charge on any atom is -0.463 e. The van der Waals surface area contributed by atoms with Gasteiger partial charge in [-0.25, -0.2) is 0 Å². The van der Waals surface area contributed by atoms with Gasteiger partial charge in [0.05, 0.1) is 12.0 Å². The first-order chi connectivity index (χ1) is 4.95. The molecule has 2 nitrogen and oxygen atoms in total. The van der Waals surface area contributed by atoms with Crippen molar-refractivity contribution in [2.24, 2.45) is 11.8 Å². The number of ether oxygens (including phenoxy) is 1. The van der Waals surface area contributed by atoms with Crippen LogP contribution in [0.3, 0.4) is 0 Å². The second-order valence-corrected chi connectivity index (χ2v) is 3.52. The molecule has 0 amide bonds. The van der Waals surface area contributed by atoms with Crippen LogP contribution in [0.25, 0.3) is 0 Å².